The van der Waals surface area contributed by atoms with Gasteiger partial charge in [-0.15, -0.1) is 0 Å². The molecule has 0 aliphatic rings. The van der Waals surface area contributed by atoms with Crippen molar-refractivity contribution in [3.63, 3.8) is 0 Å². The highest BCUT2D eigenvalue weighted by Crippen LogP contribution is 1.98. The Hall–Kier alpha value is -0.186. The lowest BCUT2D eigenvalue weighted by Gasteiger charge is -2.01. The van der Waals surface area contributed by atoms with E-state index in [0.717, 1.165) is 0 Å². The molecule has 0 atom stereocenters. The van der Waals surface area contributed by atoms with Crippen molar-refractivity contribution in [2.24, 2.45) is 4.66 Å². The minimum atomic E-state index is -1.46. The monoisotopic (exact) mass is 147 g/mol. The molecule has 0 aromatic carbocycles. The molecule has 48 valence electrons. The van der Waals surface area contributed by atoms with Gasteiger partial charge in [-0.1, -0.05) is 0 Å². The summed E-state index contributed by atoms with van der Waals surface area (Å²) in [6.45, 7) is 5.95. The summed E-state index contributed by atoms with van der Waals surface area (Å²) in [7, 11) is -1.46. The molecule has 0 radical (unpaired) electrons. The highest BCUT2D eigenvalue weighted by atomic mass is 28.3. The second-order valence-corrected chi connectivity index (χ2v) is 6.94. The maximum absolute atomic E-state index is 9.56. The normalized spacial score (nSPS) is 8.88. The Balaban J connectivity index is 0. The molecule has 0 aliphatic heterocycles. The smallest absolute Gasteiger partial charge is 0.224 e. The first-order valence-electron chi connectivity index (χ1n) is 2.15. The van der Waals surface area contributed by atoms with Crippen molar-refractivity contribution in [1.29, 1.82) is 0 Å². The van der Waals surface area contributed by atoms with Gasteiger partial charge >= 0.3 is 0 Å². The topological polar surface area (TPSA) is 29.4 Å². The van der Waals surface area contributed by atoms with E-state index >= 15 is 0 Å². The summed E-state index contributed by atoms with van der Waals surface area (Å²) in [6.07, 6.45) is 1.54. The van der Waals surface area contributed by atoms with E-state index in [0.29, 0.717) is 0 Å². The van der Waals surface area contributed by atoms with Crippen LogP contribution in [0.2, 0.25) is 19.6 Å². The largest absolute Gasteiger partial charge is 0.248 e. The zero-order valence-corrected chi connectivity index (χ0v) is 5.86. The van der Waals surface area contributed by atoms with Crippen LogP contribution in [0.25, 0.3) is 0 Å². The SMILES string of the molecule is C[Si](C)(C)N=C=O.[SiH4]. The third kappa shape index (κ3) is 9.26. The number of carbonyl (C=O) groups excluding carboxylic acids is 1. The van der Waals surface area contributed by atoms with E-state index in [2.05, 4.69) is 4.66 Å². The molecule has 0 saturated carbocycles. The third-order valence-corrected chi connectivity index (χ3v) is 1.14. The van der Waals surface area contributed by atoms with Gasteiger partial charge in [-0.05, 0) is 30.6 Å². The van der Waals surface area contributed by atoms with Crippen LogP contribution in [0.5, 0.6) is 0 Å². The Morgan fingerprint density at radius 2 is 1.75 bits per heavy atom. The molecular weight excluding hydrogens is 134 g/mol. The van der Waals surface area contributed by atoms with Crippen molar-refractivity contribution in [3.05, 3.63) is 0 Å². The van der Waals surface area contributed by atoms with Crippen LogP contribution in [0.3, 0.4) is 0 Å². The van der Waals surface area contributed by atoms with Gasteiger partial charge in [0, 0.05) is 0 Å². The zero-order valence-electron chi connectivity index (χ0n) is 4.86. The lowest BCUT2D eigenvalue weighted by atomic mass is 11.7. The quantitative estimate of drug-likeness (QED) is 0.285. The number of isocyanates is 1. The molecule has 2 nitrogen and oxygen atoms in total. The third-order valence-electron chi connectivity index (χ3n) is 0.381. The molecule has 0 bridgehead atoms. The van der Waals surface area contributed by atoms with Gasteiger partial charge in [0.25, 0.3) is 0 Å². The summed E-state index contributed by atoms with van der Waals surface area (Å²) < 4.78 is 3.59. The average Bonchev–Trinajstić information content (AvgIpc) is 1.30. The van der Waals surface area contributed by atoms with Crippen molar-refractivity contribution in [2.45, 2.75) is 19.6 Å². The summed E-state index contributed by atoms with van der Waals surface area (Å²) in [4.78, 5) is 9.56. The molecule has 0 rings (SSSR count). The predicted molar refractivity (Wildman–Crippen MR) is 42.8 cm³/mol. The van der Waals surface area contributed by atoms with Crippen LogP contribution in [0.4, 0.5) is 0 Å². The Kier molecular flexibility index (Phi) is 5.06. The van der Waals surface area contributed by atoms with Gasteiger partial charge in [0.05, 0.1) is 0 Å². The highest BCUT2D eigenvalue weighted by Gasteiger charge is 2.09. The number of nitrogens with zero attached hydrogens (tertiary/aromatic N) is 1. The lowest BCUT2D eigenvalue weighted by molar-refractivity contribution is 0.566. The maximum atomic E-state index is 9.56. The standard InChI is InChI=1S/C4H9NOSi.H4Si/c1-7(2,3)5-4-6;/h1-3H3;1H4. The first-order chi connectivity index (χ1) is 3.06. The molecule has 0 unspecified atom stereocenters. The molecule has 0 heterocycles. The van der Waals surface area contributed by atoms with Crippen LogP contribution in [0.15, 0.2) is 4.66 Å². The first kappa shape index (κ1) is 10.7. The average molecular weight is 147 g/mol. The van der Waals surface area contributed by atoms with Crippen LogP contribution in [0.1, 0.15) is 0 Å². The van der Waals surface area contributed by atoms with E-state index in [1.54, 1.807) is 6.08 Å². The summed E-state index contributed by atoms with van der Waals surface area (Å²) in [6, 6.07) is 0. The summed E-state index contributed by atoms with van der Waals surface area (Å²) in [5, 5.41) is 0. The summed E-state index contributed by atoms with van der Waals surface area (Å²) in [5.74, 6) is 0. The van der Waals surface area contributed by atoms with Gasteiger partial charge in [0.15, 0.2) is 8.24 Å². The number of hydrogen-bond acceptors (Lipinski definition) is 2. The summed E-state index contributed by atoms with van der Waals surface area (Å²) in [5.41, 5.74) is 0. The van der Waals surface area contributed by atoms with Gasteiger partial charge in [-0.25, -0.2) is 9.45 Å². The van der Waals surface area contributed by atoms with Crippen molar-refractivity contribution >= 4 is 25.3 Å². The van der Waals surface area contributed by atoms with Gasteiger partial charge < -0.3 is 0 Å². The minimum Gasteiger partial charge on any atom is -0.248 e. The van der Waals surface area contributed by atoms with Crippen molar-refractivity contribution in [2.75, 3.05) is 0 Å². The molecule has 0 amide bonds. The lowest BCUT2D eigenvalue weighted by Crippen LogP contribution is -2.14. The fraction of sp³-hybridized carbons (Fsp3) is 0.750. The molecule has 0 N–H and O–H groups in total. The molecule has 0 aliphatic carbocycles. The van der Waals surface area contributed by atoms with E-state index < -0.39 is 8.24 Å². The van der Waals surface area contributed by atoms with E-state index in [-0.39, 0.29) is 11.0 Å². The summed E-state index contributed by atoms with van der Waals surface area (Å²) >= 11 is 0. The Morgan fingerprint density at radius 3 is 1.75 bits per heavy atom. The minimum absolute atomic E-state index is 0. The van der Waals surface area contributed by atoms with Gasteiger partial charge in [-0.2, -0.15) is 0 Å². The second kappa shape index (κ2) is 3.77. The van der Waals surface area contributed by atoms with Crippen molar-refractivity contribution < 1.29 is 4.79 Å². The van der Waals surface area contributed by atoms with Gasteiger partial charge in [0.1, 0.15) is 0 Å². The Morgan fingerprint density at radius 1 is 1.38 bits per heavy atom. The second-order valence-electron chi connectivity index (χ2n) is 2.37. The van der Waals surface area contributed by atoms with E-state index in [9.17, 15) is 4.79 Å². The van der Waals surface area contributed by atoms with Crippen LogP contribution in [0, 0.1) is 0 Å². The van der Waals surface area contributed by atoms with E-state index in [4.69, 9.17) is 0 Å². The van der Waals surface area contributed by atoms with Crippen molar-refractivity contribution in [3.8, 4) is 0 Å². The Bertz CT molecular complexity index is 101. The first-order valence-corrected chi connectivity index (χ1v) is 5.60. The predicted octanol–water partition coefficient (Wildman–Crippen LogP) is -0.295. The fourth-order valence-electron chi connectivity index (χ4n) is 0.137. The zero-order chi connectivity index (χ0) is 5.91. The maximum Gasteiger partial charge on any atom is 0.224 e. The highest BCUT2D eigenvalue weighted by molar-refractivity contribution is 6.74. The molecule has 0 saturated heterocycles. The number of rotatable bonds is 1. The van der Waals surface area contributed by atoms with Gasteiger partial charge in [-0.3, -0.25) is 0 Å². The molecule has 0 aromatic heterocycles. The molecule has 0 spiro atoms. The van der Waals surface area contributed by atoms with Crippen LogP contribution in [-0.2, 0) is 4.79 Å². The number of hydrogen-bond donors (Lipinski definition) is 0. The Labute approximate surface area is 55.1 Å². The van der Waals surface area contributed by atoms with Crippen molar-refractivity contribution in [1.82, 2.24) is 0 Å². The molecule has 8 heavy (non-hydrogen) atoms. The van der Waals surface area contributed by atoms with E-state index in [1.165, 1.54) is 0 Å². The molecular formula is C4H13NOSi2. The molecule has 0 fully saturated rings. The van der Waals surface area contributed by atoms with Crippen LogP contribution >= 0.6 is 0 Å². The van der Waals surface area contributed by atoms with Crippen LogP contribution < -0.4 is 0 Å². The molecule has 0 aromatic rings. The fourth-order valence-corrected chi connectivity index (χ4v) is 0.411. The van der Waals surface area contributed by atoms with Gasteiger partial charge in [0.2, 0.25) is 6.08 Å². The van der Waals surface area contributed by atoms with Crippen LogP contribution in [-0.4, -0.2) is 25.3 Å². The van der Waals surface area contributed by atoms with E-state index in [1.807, 2.05) is 19.6 Å². The molecule has 4 heteroatoms.